The molecular formula is C47H48IrN2OSi-2. The molecule has 0 aliphatic heterocycles. The first kappa shape index (κ1) is 37.6. The van der Waals surface area contributed by atoms with Crippen LogP contribution in [-0.2, 0) is 26.5 Å². The largest absolute Gasteiger partial charge is 0.500 e. The van der Waals surface area contributed by atoms with E-state index in [4.69, 9.17) is 9.40 Å². The van der Waals surface area contributed by atoms with E-state index in [9.17, 15) is 0 Å². The van der Waals surface area contributed by atoms with E-state index in [2.05, 4.69) is 130 Å². The molecular weight excluding hydrogens is 829 g/mol. The smallest absolute Gasteiger partial charge is 0.128 e. The maximum atomic E-state index is 6.54. The van der Waals surface area contributed by atoms with Gasteiger partial charge in [0.05, 0.1) is 13.7 Å². The molecule has 0 unspecified atom stereocenters. The van der Waals surface area contributed by atoms with Crippen LogP contribution in [0.4, 0.5) is 0 Å². The van der Waals surface area contributed by atoms with Crippen LogP contribution in [-0.4, -0.2) is 18.0 Å². The molecule has 4 aromatic carbocycles. The van der Waals surface area contributed by atoms with Gasteiger partial charge in [0.15, 0.2) is 0 Å². The van der Waals surface area contributed by atoms with Crippen molar-refractivity contribution >= 4 is 35.2 Å². The van der Waals surface area contributed by atoms with Gasteiger partial charge in [0, 0.05) is 43.4 Å². The maximum Gasteiger partial charge on any atom is 0.128 e. The number of pyridine rings is 2. The van der Waals surface area contributed by atoms with Gasteiger partial charge in [0.2, 0.25) is 0 Å². The number of furan rings is 1. The Hall–Kier alpha value is -4.15. The van der Waals surface area contributed by atoms with Crippen LogP contribution in [0.15, 0.2) is 120 Å². The van der Waals surface area contributed by atoms with Crippen molar-refractivity contribution < 1.29 is 24.5 Å². The van der Waals surface area contributed by atoms with Gasteiger partial charge in [-0.1, -0.05) is 135 Å². The van der Waals surface area contributed by atoms with E-state index in [1.54, 1.807) is 0 Å². The molecule has 7 aromatic rings. The van der Waals surface area contributed by atoms with Gasteiger partial charge < -0.3 is 14.4 Å². The van der Waals surface area contributed by atoms with Gasteiger partial charge in [-0.3, -0.25) is 0 Å². The average molecular weight is 877 g/mol. The Balaban J connectivity index is 0.000000193. The number of hydrogen-bond donors (Lipinski definition) is 0. The molecule has 1 aliphatic carbocycles. The number of rotatable bonds is 7. The number of aromatic nitrogens is 2. The summed E-state index contributed by atoms with van der Waals surface area (Å²) in [5, 5.41) is 3.74. The minimum Gasteiger partial charge on any atom is -0.500 e. The molecule has 0 saturated heterocycles. The van der Waals surface area contributed by atoms with Gasteiger partial charge in [-0.25, -0.2) is 0 Å². The summed E-state index contributed by atoms with van der Waals surface area (Å²) < 4.78 is 6.54. The number of nitrogens with zero attached hydrogens (tertiary/aromatic N) is 2. The number of benzene rings is 4. The van der Waals surface area contributed by atoms with Gasteiger partial charge in [-0.15, -0.1) is 54.1 Å². The second-order valence-corrected chi connectivity index (χ2v) is 20.4. The van der Waals surface area contributed by atoms with Crippen LogP contribution in [0.5, 0.6) is 0 Å². The Morgan fingerprint density at radius 3 is 2.25 bits per heavy atom. The molecule has 8 rings (SSSR count). The predicted molar refractivity (Wildman–Crippen MR) is 217 cm³/mol. The van der Waals surface area contributed by atoms with E-state index in [-0.39, 0.29) is 20.1 Å². The number of para-hydroxylation sites is 1. The van der Waals surface area contributed by atoms with Gasteiger partial charge in [-0.05, 0) is 59.3 Å². The zero-order valence-electron chi connectivity index (χ0n) is 31.0. The Labute approximate surface area is 324 Å². The molecule has 1 radical (unpaired) electrons. The monoisotopic (exact) mass is 877 g/mol. The third kappa shape index (κ3) is 8.39. The molecule has 1 aliphatic rings. The molecule has 52 heavy (non-hydrogen) atoms. The Morgan fingerprint density at radius 1 is 0.750 bits per heavy atom. The van der Waals surface area contributed by atoms with Crippen LogP contribution < -0.4 is 5.19 Å². The van der Waals surface area contributed by atoms with Crippen molar-refractivity contribution in [2.75, 3.05) is 0 Å². The van der Waals surface area contributed by atoms with Crippen LogP contribution in [0, 0.1) is 18.1 Å². The molecule has 0 N–H and O–H groups in total. The summed E-state index contributed by atoms with van der Waals surface area (Å²) in [5.41, 5.74) is 11.0. The van der Waals surface area contributed by atoms with Crippen LogP contribution in [0.2, 0.25) is 19.6 Å². The molecule has 5 heteroatoms. The first-order valence-corrected chi connectivity index (χ1v) is 22.1. The van der Waals surface area contributed by atoms with Crippen molar-refractivity contribution in [2.24, 2.45) is 5.92 Å². The van der Waals surface area contributed by atoms with Crippen molar-refractivity contribution in [3.63, 3.8) is 0 Å². The van der Waals surface area contributed by atoms with Gasteiger partial charge >= 0.3 is 0 Å². The number of hydrogen-bond acceptors (Lipinski definition) is 3. The van der Waals surface area contributed by atoms with Crippen LogP contribution in [0.3, 0.4) is 0 Å². The van der Waals surface area contributed by atoms with E-state index >= 15 is 0 Å². The standard InChI is InChI=1S/C29H24NO.C18H24NSi.Ir/c1-3-9-20(10-4-1)22-17-18-30-27(19-22)26-16-8-15-25-24-14-7-13-23(28(24)31-29(25)26)21-11-5-2-6-12-21;1-14(2)11-16-12-17(15-9-7-6-8-10-15)19-13-18(16)20(3,4)5;/h2,5-8,11-15,17-20H,1,3-4,9-10H2;6-9,12-14H,11H2,1-5H3;/q2*-1;. The Morgan fingerprint density at radius 2 is 1.52 bits per heavy atom. The summed E-state index contributed by atoms with van der Waals surface area (Å²) in [5.74, 6) is 1.31. The summed E-state index contributed by atoms with van der Waals surface area (Å²) in [7, 11) is -1.34. The quantitative estimate of drug-likeness (QED) is 0.118. The van der Waals surface area contributed by atoms with E-state index in [1.165, 1.54) is 48.4 Å². The molecule has 0 amide bonds. The van der Waals surface area contributed by atoms with E-state index in [0.717, 1.165) is 62.0 Å². The second-order valence-electron chi connectivity index (χ2n) is 15.4. The van der Waals surface area contributed by atoms with Gasteiger partial charge in [-0.2, -0.15) is 0 Å². The fourth-order valence-electron chi connectivity index (χ4n) is 7.55. The van der Waals surface area contributed by atoms with Crippen LogP contribution >= 0.6 is 0 Å². The summed E-state index contributed by atoms with van der Waals surface area (Å²) in [4.78, 5) is 9.40. The molecule has 0 atom stereocenters. The zero-order valence-corrected chi connectivity index (χ0v) is 34.4. The van der Waals surface area contributed by atoms with Gasteiger partial charge in [0.1, 0.15) is 5.58 Å². The molecule has 267 valence electrons. The van der Waals surface area contributed by atoms with E-state index in [1.807, 2.05) is 36.5 Å². The molecule has 0 spiro atoms. The summed E-state index contributed by atoms with van der Waals surface area (Å²) in [6.07, 6.45) is 11.8. The average Bonchev–Trinajstić information content (AvgIpc) is 3.55. The fourth-order valence-corrected chi connectivity index (χ4v) is 9.14. The van der Waals surface area contributed by atoms with Crippen molar-refractivity contribution in [1.29, 1.82) is 0 Å². The first-order valence-electron chi connectivity index (χ1n) is 18.6. The molecule has 1 fully saturated rings. The van der Waals surface area contributed by atoms with Gasteiger partial charge in [0.25, 0.3) is 0 Å². The van der Waals surface area contributed by atoms with Crippen molar-refractivity contribution in [1.82, 2.24) is 9.97 Å². The van der Waals surface area contributed by atoms with E-state index in [0.29, 0.717) is 11.8 Å². The van der Waals surface area contributed by atoms with Crippen molar-refractivity contribution in [3.8, 4) is 33.6 Å². The first-order chi connectivity index (χ1) is 24.8. The minimum absolute atomic E-state index is 0. The predicted octanol–water partition coefficient (Wildman–Crippen LogP) is 12.5. The second kappa shape index (κ2) is 16.7. The van der Waals surface area contributed by atoms with Crippen LogP contribution in [0.25, 0.3) is 55.6 Å². The molecule has 0 bridgehead atoms. The molecule has 3 aromatic heterocycles. The van der Waals surface area contributed by atoms with Crippen molar-refractivity contribution in [3.05, 3.63) is 139 Å². The number of fused-ring (bicyclic) bond motifs is 3. The topological polar surface area (TPSA) is 38.9 Å². The third-order valence-electron chi connectivity index (χ3n) is 10.1. The fraction of sp³-hybridized carbons (Fsp3) is 0.277. The summed E-state index contributed by atoms with van der Waals surface area (Å²) in [6, 6.07) is 42.4. The summed E-state index contributed by atoms with van der Waals surface area (Å²) in [6.45, 7) is 11.7. The minimum atomic E-state index is -1.34. The summed E-state index contributed by atoms with van der Waals surface area (Å²) >= 11 is 0. The molecule has 1 saturated carbocycles. The zero-order chi connectivity index (χ0) is 35.4. The Bertz CT molecular complexity index is 2230. The van der Waals surface area contributed by atoms with E-state index < -0.39 is 8.07 Å². The Kier molecular flexibility index (Phi) is 12.1. The van der Waals surface area contributed by atoms with Crippen molar-refractivity contribution in [2.45, 2.75) is 77.9 Å². The third-order valence-corrected chi connectivity index (χ3v) is 12.1. The molecule has 3 heterocycles. The maximum absolute atomic E-state index is 6.54. The molecule has 3 nitrogen and oxygen atoms in total. The van der Waals surface area contributed by atoms with Crippen LogP contribution in [0.1, 0.15) is 63.0 Å². The SMILES string of the molecule is CC(C)Cc1cc(-c2[c-]cccc2)ncc1[Si](C)(C)C.[Ir].[c-]1ccc2c(oc3c(-c4ccccc4)cccc32)c1-c1cc(C2CCCCC2)ccn1. The normalized spacial score (nSPS) is 13.5.